The van der Waals surface area contributed by atoms with Gasteiger partial charge in [0.25, 0.3) is 0 Å². The maximum atomic E-state index is 11.0. The lowest BCUT2D eigenvalue weighted by molar-refractivity contribution is 0.0696. The van der Waals surface area contributed by atoms with Crippen LogP contribution in [0.15, 0.2) is 37.0 Å². The second-order valence-corrected chi connectivity index (χ2v) is 3.98. The largest absolute Gasteiger partial charge is 0.497 e. The molecule has 0 amide bonds. The minimum absolute atomic E-state index is 0.156. The summed E-state index contributed by atoms with van der Waals surface area (Å²) in [5.74, 6) is -0.224. The van der Waals surface area contributed by atoms with E-state index in [4.69, 9.17) is 9.84 Å². The zero-order valence-electron chi connectivity index (χ0n) is 10.5. The number of carboxylic acids is 1. The van der Waals surface area contributed by atoms with Crippen LogP contribution < -0.4 is 4.74 Å². The number of nitrogens with zero attached hydrogens (tertiary/aromatic N) is 2. The van der Waals surface area contributed by atoms with Crippen LogP contribution >= 0.6 is 0 Å². The van der Waals surface area contributed by atoms with E-state index in [0.717, 1.165) is 11.3 Å². The van der Waals surface area contributed by atoms with Crippen LogP contribution in [0.2, 0.25) is 0 Å². The minimum Gasteiger partial charge on any atom is -0.497 e. The van der Waals surface area contributed by atoms with Crippen molar-refractivity contribution in [2.24, 2.45) is 0 Å². The fourth-order valence-corrected chi connectivity index (χ4v) is 1.75. The molecule has 5 nitrogen and oxygen atoms in total. The first-order valence-corrected chi connectivity index (χ1v) is 5.70. The number of rotatable bonds is 5. The standard InChI is InChI=1S/C14H14N2O3/c1-3-13-12(14(17)18)9-16(15-13)8-10-4-6-11(19-2)7-5-10/h3-7,9H,1,8H2,2H3,(H,17,18). The number of carboxylic acid groups (broad SMARTS) is 1. The van der Waals surface area contributed by atoms with Crippen LogP contribution in [0.1, 0.15) is 21.6 Å². The smallest absolute Gasteiger partial charge is 0.339 e. The molecule has 0 spiro atoms. The number of aromatic carboxylic acids is 1. The fourth-order valence-electron chi connectivity index (χ4n) is 1.75. The van der Waals surface area contributed by atoms with Gasteiger partial charge in [-0.15, -0.1) is 0 Å². The highest BCUT2D eigenvalue weighted by Crippen LogP contribution is 2.14. The summed E-state index contributed by atoms with van der Waals surface area (Å²) < 4.78 is 6.66. The zero-order valence-corrected chi connectivity index (χ0v) is 10.5. The molecular formula is C14H14N2O3. The summed E-state index contributed by atoms with van der Waals surface area (Å²) in [5.41, 5.74) is 1.54. The molecule has 1 aromatic carbocycles. The van der Waals surface area contributed by atoms with Gasteiger partial charge in [0, 0.05) is 6.20 Å². The Hall–Kier alpha value is -2.56. The van der Waals surface area contributed by atoms with Gasteiger partial charge >= 0.3 is 5.97 Å². The van der Waals surface area contributed by atoms with Gasteiger partial charge < -0.3 is 9.84 Å². The molecule has 0 aliphatic carbocycles. The van der Waals surface area contributed by atoms with Gasteiger partial charge in [0.2, 0.25) is 0 Å². The number of aromatic nitrogens is 2. The van der Waals surface area contributed by atoms with Crippen molar-refractivity contribution >= 4 is 12.0 Å². The van der Waals surface area contributed by atoms with E-state index in [1.807, 2.05) is 24.3 Å². The maximum Gasteiger partial charge on any atom is 0.339 e. The van der Waals surface area contributed by atoms with Gasteiger partial charge in [-0.25, -0.2) is 4.79 Å². The molecule has 1 aromatic heterocycles. The Labute approximate surface area is 110 Å². The van der Waals surface area contributed by atoms with Crippen molar-refractivity contribution in [3.05, 3.63) is 53.9 Å². The highest BCUT2D eigenvalue weighted by atomic mass is 16.5. The van der Waals surface area contributed by atoms with Crippen molar-refractivity contribution in [1.29, 1.82) is 0 Å². The van der Waals surface area contributed by atoms with Crippen LogP contribution in [0.5, 0.6) is 5.75 Å². The van der Waals surface area contributed by atoms with Gasteiger partial charge in [-0.2, -0.15) is 5.10 Å². The second-order valence-electron chi connectivity index (χ2n) is 3.98. The van der Waals surface area contributed by atoms with Crippen molar-refractivity contribution in [3.8, 4) is 5.75 Å². The molecule has 0 aliphatic heterocycles. The minimum atomic E-state index is -1.00. The van der Waals surface area contributed by atoms with Crippen LogP contribution in [0, 0.1) is 0 Å². The molecule has 0 radical (unpaired) electrons. The number of hydrogen-bond acceptors (Lipinski definition) is 3. The van der Waals surface area contributed by atoms with E-state index in [1.165, 1.54) is 12.3 Å². The summed E-state index contributed by atoms with van der Waals surface area (Å²) in [5, 5.41) is 13.2. The average molecular weight is 258 g/mol. The lowest BCUT2D eigenvalue weighted by Crippen LogP contribution is -2.00. The Bertz CT molecular complexity index is 600. The third kappa shape index (κ3) is 2.82. The van der Waals surface area contributed by atoms with Gasteiger partial charge in [0.15, 0.2) is 0 Å². The Balaban J connectivity index is 2.22. The molecular weight excluding hydrogens is 244 g/mol. The lowest BCUT2D eigenvalue weighted by Gasteiger charge is -2.03. The highest BCUT2D eigenvalue weighted by Gasteiger charge is 2.12. The SMILES string of the molecule is C=Cc1nn(Cc2ccc(OC)cc2)cc1C(=O)O. The second kappa shape index (κ2) is 5.39. The van der Waals surface area contributed by atoms with Gasteiger partial charge in [-0.05, 0) is 23.8 Å². The van der Waals surface area contributed by atoms with Crippen molar-refractivity contribution in [3.63, 3.8) is 0 Å². The van der Waals surface area contributed by atoms with Crippen molar-refractivity contribution in [2.75, 3.05) is 7.11 Å². The molecule has 0 bridgehead atoms. The Kier molecular flexibility index (Phi) is 3.66. The summed E-state index contributed by atoms with van der Waals surface area (Å²) in [6.07, 6.45) is 2.94. The predicted octanol–water partition coefficient (Wildman–Crippen LogP) is 2.28. The molecule has 2 rings (SSSR count). The van der Waals surface area contributed by atoms with E-state index in [0.29, 0.717) is 12.2 Å². The molecule has 1 N–H and O–H groups in total. The van der Waals surface area contributed by atoms with Gasteiger partial charge in [0.05, 0.1) is 19.3 Å². The molecule has 5 heteroatoms. The van der Waals surface area contributed by atoms with Crippen molar-refractivity contribution in [2.45, 2.75) is 6.54 Å². The first-order valence-electron chi connectivity index (χ1n) is 5.70. The average Bonchev–Trinajstić information content (AvgIpc) is 2.83. The van der Waals surface area contributed by atoms with E-state index in [2.05, 4.69) is 11.7 Å². The van der Waals surface area contributed by atoms with Crippen molar-refractivity contribution < 1.29 is 14.6 Å². The maximum absolute atomic E-state index is 11.0. The van der Waals surface area contributed by atoms with Gasteiger partial charge in [-0.1, -0.05) is 18.7 Å². The number of hydrogen-bond donors (Lipinski definition) is 1. The van der Waals surface area contributed by atoms with Gasteiger partial charge in [0.1, 0.15) is 11.3 Å². The van der Waals surface area contributed by atoms with E-state index in [9.17, 15) is 4.79 Å². The molecule has 1 heterocycles. The molecule has 2 aromatic rings. The Morgan fingerprint density at radius 2 is 2.16 bits per heavy atom. The topological polar surface area (TPSA) is 64.4 Å². The van der Waals surface area contributed by atoms with Crippen LogP contribution in [-0.2, 0) is 6.54 Å². The summed E-state index contributed by atoms with van der Waals surface area (Å²) in [4.78, 5) is 11.0. The summed E-state index contributed by atoms with van der Waals surface area (Å²) in [6, 6.07) is 7.53. The molecule has 0 saturated carbocycles. The monoisotopic (exact) mass is 258 g/mol. The highest BCUT2D eigenvalue weighted by molar-refractivity contribution is 5.90. The van der Waals surface area contributed by atoms with E-state index in [1.54, 1.807) is 11.8 Å². The predicted molar refractivity (Wildman–Crippen MR) is 71.4 cm³/mol. The molecule has 0 saturated heterocycles. The first kappa shape index (κ1) is 12.9. The van der Waals surface area contributed by atoms with E-state index >= 15 is 0 Å². The third-order valence-electron chi connectivity index (χ3n) is 2.72. The van der Waals surface area contributed by atoms with E-state index < -0.39 is 5.97 Å². The first-order chi connectivity index (χ1) is 9.13. The Morgan fingerprint density at radius 3 is 2.63 bits per heavy atom. The molecule has 19 heavy (non-hydrogen) atoms. The number of methoxy groups -OCH3 is 1. The number of benzene rings is 1. The molecule has 98 valence electrons. The fraction of sp³-hybridized carbons (Fsp3) is 0.143. The van der Waals surface area contributed by atoms with Crippen LogP contribution in [0.4, 0.5) is 0 Å². The van der Waals surface area contributed by atoms with Gasteiger partial charge in [-0.3, -0.25) is 4.68 Å². The lowest BCUT2D eigenvalue weighted by atomic mass is 10.2. The van der Waals surface area contributed by atoms with Crippen LogP contribution in [-0.4, -0.2) is 28.0 Å². The quantitative estimate of drug-likeness (QED) is 0.893. The summed E-state index contributed by atoms with van der Waals surface area (Å²) in [7, 11) is 1.61. The molecule has 0 aliphatic rings. The number of carbonyl (C=O) groups is 1. The molecule has 0 unspecified atom stereocenters. The van der Waals surface area contributed by atoms with Crippen molar-refractivity contribution in [1.82, 2.24) is 9.78 Å². The number of ether oxygens (including phenoxy) is 1. The zero-order chi connectivity index (χ0) is 13.8. The third-order valence-corrected chi connectivity index (χ3v) is 2.72. The normalized spacial score (nSPS) is 10.2. The van der Waals surface area contributed by atoms with Crippen LogP contribution in [0.3, 0.4) is 0 Å². The summed E-state index contributed by atoms with van der Waals surface area (Å²) in [6.45, 7) is 4.06. The molecule has 0 fully saturated rings. The molecule has 0 atom stereocenters. The van der Waals surface area contributed by atoms with E-state index in [-0.39, 0.29) is 5.56 Å². The Morgan fingerprint density at radius 1 is 1.47 bits per heavy atom. The van der Waals surface area contributed by atoms with Crippen LogP contribution in [0.25, 0.3) is 6.08 Å². The summed E-state index contributed by atoms with van der Waals surface area (Å²) >= 11 is 0.